The summed E-state index contributed by atoms with van der Waals surface area (Å²) >= 11 is 0. The number of amides is 1. The minimum absolute atomic E-state index is 0.228. The average Bonchev–Trinajstić information content (AvgIpc) is 3.09. The van der Waals surface area contributed by atoms with Crippen molar-refractivity contribution in [3.8, 4) is 11.8 Å². The minimum Gasteiger partial charge on any atom is -0.466 e. The number of rotatable bonds is 3. The summed E-state index contributed by atoms with van der Waals surface area (Å²) in [7, 11) is 0. The van der Waals surface area contributed by atoms with E-state index in [9.17, 15) is 14.0 Å². The number of hydrogen-bond donors (Lipinski definition) is 2. The maximum atomic E-state index is 13.4. The van der Waals surface area contributed by atoms with Crippen LogP contribution in [0, 0.1) is 35.4 Å². The van der Waals surface area contributed by atoms with Crippen molar-refractivity contribution in [2.24, 2.45) is 17.8 Å². The van der Waals surface area contributed by atoms with Gasteiger partial charge in [0.25, 0.3) is 5.91 Å². The van der Waals surface area contributed by atoms with Gasteiger partial charge in [0.15, 0.2) is 0 Å². The lowest BCUT2D eigenvalue weighted by Gasteiger charge is -2.47. The van der Waals surface area contributed by atoms with Crippen molar-refractivity contribution < 1.29 is 18.7 Å². The van der Waals surface area contributed by atoms with Gasteiger partial charge in [-0.25, -0.2) is 9.37 Å². The van der Waals surface area contributed by atoms with Gasteiger partial charge in [0.05, 0.1) is 24.3 Å². The normalized spacial score (nSPS) is 25.8. The first kappa shape index (κ1) is 18.5. The van der Waals surface area contributed by atoms with Crippen LogP contribution in [-0.2, 0) is 14.3 Å². The first-order valence-corrected chi connectivity index (χ1v) is 9.68. The van der Waals surface area contributed by atoms with Gasteiger partial charge in [0, 0.05) is 23.5 Å². The Labute approximate surface area is 162 Å². The molecule has 0 aromatic carbocycles. The Morgan fingerprint density at radius 3 is 2.82 bits per heavy atom. The minimum atomic E-state index is -0.463. The molecule has 5 rings (SSSR count). The molecule has 3 aliphatic carbocycles. The van der Waals surface area contributed by atoms with Crippen LogP contribution in [0.2, 0.25) is 0 Å². The number of fused-ring (bicyclic) bond motifs is 4. The average molecular weight is 383 g/mol. The van der Waals surface area contributed by atoms with Gasteiger partial charge in [0.2, 0.25) is 0 Å². The molecule has 0 spiro atoms. The molecule has 0 aliphatic heterocycles. The van der Waals surface area contributed by atoms with E-state index in [1.165, 1.54) is 6.07 Å². The number of nitrogens with zero attached hydrogens (tertiary/aromatic N) is 1. The number of ether oxygens (including phenoxy) is 1. The van der Waals surface area contributed by atoms with Gasteiger partial charge >= 0.3 is 5.97 Å². The number of carbonyl (C=O) groups excluding carboxylic acids is 2. The maximum Gasteiger partial charge on any atom is 0.311 e. The Morgan fingerprint density at radius 2 is 2.07 bits per heavy atom. The SMILES string of the molecule is CCOC(=O)[C@H]1C2CCC(CC2)C1NC(=O)C#Cc1c[nH]c2ncc(F)cc12. The van der Waals surface area contributed by atoms with Crippen LogP contribution in [0.4, 0.5) is 4.39 Å². The highest BCUT2D eigenvalue weighted by Crippen LogP contribution is 2.45. The molecule has 3 aliphatic rings. The standard InChI is InChI=1S/C21H22FN3O3/c1-2-28-21(27)18-12-3-5-13(6-4-12)19(18)25-17(26)8-7-14-10-23-20-16(14)9-15(22)11-24-20/h9-13,18-19H,2-6H2,1H3,(H,23,24)(H,25,26)/t12?,13?,18-,19?/m0/s1. The summed E-state index contributed by atoms with van der Waals surface area (Å²) in [6.07, 6.45) is 6.73. The third kappa shape index (κ3) is 3.47. The van der Waals surface area contributed by atoms with E-state index < -0.39 is 11.7 Å². The number of nitrogens with one attached hydrogen (secondary N) is 2. The molecular weight excluding hydrogens is 361 g/mol. The van der Waals surface area contributed by atoms with E-state index in [4.69, 9.17) is 4.74 Å². The van der Waals surface area contributed by atoms with Crippen molar-refractivity contribution in [1.82, 2.24) is 15.3 Å². The summed E-state index contributed by atoms with van der Waals surface area (Å²) in [5.74, 6) is 4.45. The molecule has 2 aromatic heterocycles. The summed E-state index contributed by atoms with van der Waals surface area (Å²) in [6, 6.07) is 1.09. The second kappa shape index (κ2) is 7.63. The molecule has 2 heterocycles. The zero-order valence-corrected chi connectivity index (χ0v) is 15.6. The highest BCUT2D eigenvalue weighted by Gasteiger charge is 2.48. The maximum absolute atomic E-state index is 13.4. The highest BCUT2D eigenvalue weighted by atomic mass is 19.1. The number of halogens is 1. The topological polar surface area (TPSA) is 84.1 Å². The molecule has 146 valence electrons. The van der Waals surface area contributed by atoms with Crippen LogP contribution in [-0.4, -0.2) is 34.5 Å². The second-order valence-electron chi connectivity index (χ2n) is 7.45. The Morgan fingerprint density at radius 1 is 1.32 bits per heavy atom. The van der Waals surface area contributed by atoms with Gasteiger partial charge < -0.3 is 15.0 Å². The Balaban J connectivity index is 1.52. The number of aromatic amines is 1. The number of pyridine rings is 1. The van der Waals surface area contributed by atoms with Crippen LogP contribution >= 0.6 is 0 Å². The molecule has 2 atom stereocenters. The van der Waals surface area contributed by atoms with Gasteiger partial charge in [-0.15, -0.1) is 0 Å². The van der Waals surface area contributed by atoms with Gasteiger partial charge in [0.1, 0.15) is 11.5 Å². The van der Waals surface area contributed by atoms with Crippen molar-refractivity contribution in [1.29, 1.82) is 0 Å². The van der Waals surface area contributed by atoms with Crippen molar-refractivity contribution in [3.63, 3.8) is 0 Å². The van der Waals surface area contributed by atoms with Crippen LogP contribution in [0.15, 0.2) is 18.5 Å². The molecule has 2 bridgehead atoms. The molecule has 0 radical (unpaired) electrons. The van der Waals surface area contributed by atoms with Crippen molar-refractivity contribution >= 4 is 22.9 Å². The molecule has 2 aromatic rings. The molecular formula is C21H22FN3O3. The predicted octanol–water partition coefficient (Wildman–Crippen LogP) is 2.54. The first-order chi connectivity index (χ1) is 13.6. The molecule has 28 heavy (non-hydrogen) atoms. The summed E-state index contributed by atoms with van der Waals surface area (Å²) in [5, 5.41) is 3.48. The van der Waals surface area contributed by atoms with E-state index in [0.717, 1.165) is 31.9 Å². The molecule has 6 nitrogen and oxygen atoms in total. The van der Waals surface area contributed by atoms with Crippen molar-refractivity contribution in [2.45, 2.75) is 38.6 Å². The second-order valence-corrected chi connectivity index (χ2v) is 7.45. The quantitative estimate of drug-likeness (QED) is 0.630. The van der Waals surface area contributed by atoms with E-state index in [1.807, 2.05) is 0 Å². The van der Waals surface area contributed by atoms with Crippen molar-refractivity contribution in [3.05, 3.63) is 29.8 Å². The van der Waals surface area contributed by atoms with E-state index in [1.54, 1.807) is 13.1 Å². The van der Waals surface area contributed by atoms with Gasteiger partial charge in [-0.3, -0.25) is 9.59 Å². The number of hydrogen-bond acceptors (Lipinski definition) is 4. The molecule has 1 amide bonds. The van der Waals surface area contributed by atoms with Crippen LogP contribution in [0.5, 0.6) is 0 Å². The fourth-order valence-corrected chi connectivity index (χ4v) is 4.63. The lowest BCUT2D eigenvalue weighted by atomic mass is 9.61. The predicted molar refractivity (Wildman–Crippen MR) is 100 cm³/mol. The summed E-state index contributed by atoms with van der Waals surface area (Å²) < 4.78 is 18.7. The fourth-order valence-electron chi connectivity index (χ4n) is 4.63. The fraction of sp³-hybridized carbons (Fsp3) is 0.476. The van der Waals surface area contributed by atoms with Gasteiger partial charge in [-0.1, -0.05) is 5.92 Å². The zero-order chi connectivity index (χ0) is 19.7. The third-order valence-corrected chi connectivity index (χ3v) is 5.88. The van der Waals surface area contributed by atoms with Crippen LogP contribution in [0.1, 0.15) is 38.2 Å². The van der Waals surface area contributed by atoms with Gasteiger partial charge in [-0.05, 0) is 50.5 Å². The summed E-state index contributed by atoms with van der Waals surface area (Å²) in [4.78, 5) is 31.8. The third-order valence-electron chi connectivity index (χ3n) is 5.88. The monoisotopic (exact) mass is 383 g/mol. The first-order valence-electron chi connectivity index (χ1n) is 9.68. The van der Waals surface area contributed by atoms with Crippen LogP contribution < -0.4 is 5.32 Å². The lowest BCUT2D eigenvalue weighted by molar-refractivity contribution is -0.156. The molecule has 3 fully saturated rings. The Kier molecular flexibility index (Phi) is 5.03. The van der Waals surface area contributed by atoms with E-state index in [0.29, 0.717) is 23.2 Å². The largest absolute Gasteiger partial charge is 0.466 e. The number of H-pyrrole nitrogens is 1. The molecule has 0 saturated heterocycles. The zero-order valence-electron chi connectivity index (χ0n) is 15.6. The summed E-state index contributed by atoms with van der Waals surface area (Å²) in [5.41, 5.74) is 1.02. The number of esters is 1. The Hall–Kier alpha value is -2.88. The van der Waals surface area contributed by atoms with Crippen LogP contribution in [0.25, 0.3) is 11.0 Å². The molecule has 3 saturated carbocycles. The smallest absolute Gasteiger partial charge is 0.311 e. The van der Waals surface area contributed by atoms with E-state index >= 15 is 0 Å². The van der Waals surface area contributed by atoms with Crippen LogP contribution in [0.3, 0.4) is 0 Å². The van der Waals surface area contributed by atoms with E-state index in [2.05, 4.69) is 27.1 Å². The number of carbonyl (C=O) groups is 2. The van der Waals surface area contributed by atoms with Crippen molar-refractivity contribution in [2.75, 3.05) is 6.61 Å². The van der Waals surface area contributed by atoms with Gasteiger partial charge in [-0.2, -0.15) is 0 Å². The Bertz CT molecular complexity index is 966. The molecule has 1 unspecified atom stereocenters. The highest BCUT2D eigenvalue weighted by molar-refractivity contribution is 5.96. The summed E-state index contributed by atoms with van der Waals surface area (Å²) in [6.45, 7) is 2.12. The lowest BCUT2D eigenvalue weighted by Crippen LogP contribution is -2.56. The molecule has 2 N–H and O–H groups in total. The number of aromatic nitrogens is 2. The molecule has 7 heteroatoms. The van der Waals surface area contributed by atoms with E-state index in [-0.39, 0.29) is 29.8 Å².